The van der Waals surface area contributed by atoms with E-state index in [1.54, 1.807) is 16.7 Å². The van der Waals surface area contributed by atoms with Gasteiger partial charge >= 0.3 is 5.76 Å². The van der Waals surface area contributed by atoms with Gasteiger partial charge in [-0.1, -0.05) is 12.1 Å². The first-order valence-corrected chi connectivity index (χ1v) is 13.8. The molecule has 0 amide bonds. The molecule has 4 aromatic rings. The third-order valence-corrected chi connectivity index (χ3v) is 7.84. The number of unbranched alkanes of at least 4 members (excludes halogenated alkanes) is 1. The molecule has 9 nitrogen and oxygen atoms in total. The summed E-state index contributed by atoms with van der Waals surface area (Å²) >= 11 is 0. The van der Waals surface area contributed by atoms with Crippen molar-refractivity contribution >= 4 is 22.0 Å². The van der Waals surface area contributed by atoms with Gasteiger partial charge in [-0.3, -0.25) is 9.36 Å². The molecule has 1 aliphatic rings. The fourth-order valence-electron chi connectivity index (χ4n) is 5.61. The van der Waals surface area contributed by atoms with Gasteiger partial charge in [0, 0.05) is 37.1 Å². The minimum absolute atomic E-state index is 0.0426. The van der Waals surface area contributed by atoms with Crippen LogP contribution in [0.1, 0.15) is 55.8 Å². The molecule has 207 valence electrons. The van der Waals surface area contributed by atoms with Crippen molar-refractivity contribution in [3.63, 3.8) is 0 Å². The van der Waals surface area contributed by atoms with Crippen LogP contribution in [0.4, 0.5) is 0 Å². The highest BCUT2D eigenvalue weighted by Crippen LogP contribution is 2.28. The zero-order chi connectivity index (χ0) is 27.4. The first-order valence-electron chi connectivity index (χ1n) is 13.8. The first-order chi connectivity index (χ1) is 18.9. The van der Waals surface area contributed by atoms with Crippen molar-refractivity contribution < 1.29 is 14.6 Å². The number of aromatic amines is 1. The number of nitrogens with one attached hydrogen (secondary N) is 2. The van der Waals surface area contributed by atoms with Crippen LogP contribution in [0.3, 0.4) is 0 Å². The molecule has 0 spiro atoms. The molecule has 4 N–H and O–H groups in total. The van der Waals surface area contributed by atoms with Crippen LogP contribution >= 0.6 is 0 Å². The number of aliphatic hydroxyl groups is 1. The van der Waals surface area contributed by atoms with E-state index in [0.29, 0.717) is 41.2 Å². The lowest BCUT2D eigenvalue weighted by Gasteiger charge is -2.31. The first kappa shape index (κ1) is 27.2. The van der Waals surface area contributed by atoms with Crippen molar-refractivity contribution in [2.24, 2.45) is 0 Å². The minimum atomic E-state index is -0.850. The van der Waals surface area contributed by atoms with Gasteiger partial charge in [-0.15, -0.1) is 0 Å². The van der Waals surface area contributed by atoms with Crippen molar-refractivity contribution in [3.8, 4) is 5.75 Å². The molecule has 1 saturated carbocycles. The summed E-state index contributed by atoms with van der Waals surface area (Å²) in [5.74, 6) is -0.377. The molecule has 2 aromatic heterocycles. The molecule has 2 aromatic carbocycles. The highest BCUT2D eigenvalue weighted by Gasteiger charge is 2.18. The van der Waals surface area contributed by atoms with Gasteiger partial charge in [-0.05, 0) is 93.9 Å². The van der Waals surface area contributed by atoms with Crippen LogP contribution in [-0.4, -0.2) is 50.8 Å². The molecule has 5 rings (SSSR count). The van der Waals surface area contributed by atoms with Crippen LogP contribution < -0.4 is 16.6 Å². The Morgan fingerprint density at radius 3 is 2.77 bits per heavy atom. The number of aromatic nitrogens is 2. The summed E-state index contributed by atoms with van der Waals surface area (Å²) in [6, 6.07) is 12.5. The zero-order valence-electron chi connectivity index (χ0n) is 22.4. The molecule has 0 saturated heterocycles. The number of oxazole rings is 1. The zero-order valence-corrected chi connectivity index (χ0v) is 22.4. The summed E-state index contributed by atoms with van der Waals surface area (Å²) in [7, 11) is 2.21. The summed E-state index contributed by atoms with van der Waals surface area (Å²) in [5, 5.41) is 24.7. The molecule has 1 atom stereocenters. The number of phenols is 1. The van der Waals surface area contributed by atoms with Gasteiger partial charge in [0.15, 0.2) is 5.58 Å². The average Bonchev–Trinajstić information content (AvgIpc) is 3.25. The third-order valence-electron chi connectivity index (χ3n) is 7.84. The van der Waals surface area contributed by atoms with Gasteiger partial charge < -0.3 is 29.8 Å². The number of H-pyrrole nitrogens is 1. The number of pyridine rings is 1. The molecule has 0 aliphatic heterocycles. The predicted molar refractivity (Wildman–Crippen MR) is 152 cm³/mol. The Kier molecular flexibility index (Phi) is 8.50. The summed E-state index contributed by atoms with van der Waals surface area (Å²) in [6.07, 6.45) is 8.39. The molecular weight excluding hydrogens is 496 g/mol. The Balaban J connectivity index is 1.15. The van der Waals surface area contributed by atoms with Crippen LogP contribution in [0, 0.1) is 6.42 Å². The minimum Gasteiger partial charge on any atom is -0.506 e. The summed E-state index contributed by atoms with van der Waals surface area (Å²) < 4.78 is 7.26. The second-order valence-electron chi connectivity index (χ2n) is 10.5. The quantitative estimate of drug-likeness (QED) is 0.216. The van der Waals surface area contributed by atoms with Gasteiger partial charge in [0.1, 0.15) is 5.75 Å². The topological polar surface area (TPSA) is 124 Å². The van der Waals surface area contributed by atoms with Crippen molar-refractivity contribution in [1.29, 1.82) is 0 Å². The number of aromatic hydroxyl groups is 1. The Morgan fingerprint density at radius 1 is 1.13 bits per heavy atom. The molecule has 1 fully saturated rings. The fourth-order valence-corrected chi connectivity index (χ4v) is 5.61. The Labute approximate surface area is 227 Å². The molecule has 0 bridgehead atoms. The third kappa shape index (κ3) is 6.27. The Morgan fingerprint density at radius 2 is 1.95 bits per heavy atom. The van der Waals surface area contributed by atoms with Crippen LogP contribution in [0.25, 0.3) is 22.0 Å². The van der Waals surface area contributed by atoms with Gasteiger partial charge in [0.05, 0.1) is 17.1 Å². The van der Waals surface area contributed by atoms with E-state index in [1.807, 2.05) is 18.2 Å². The molecule has 1 aliphatic carbocycles. The van der Waals surface area contributed by atoms with E-state index in [9.17, 15) is 19.8 Å². The molecular formula is C30H37N4O5. The molecule has 2 heterocycles. The number of fused-ring (bicyclic) bond motifs is 2. The number of nitrogens with zero attached hydrogens (tertiary/aromatic N) is 2. The average molecular weight is 534 g/mol. The highest BCUT2D eigenvalue weighted by atomic mass is 16.4. The maximum absolute atomic E-state index is 12.5. The monoisotopic (exact) mass is 533 g/mol. The smallest absolute Gasteiger partial charge is 0.419 e. The second kappa shape index (κ2) is 12.2. The number of hydrogen-bond donors (Lipinski definition) is 4. The number of benzene rings is 2. The summed E-state index contributed by atoms with van der Waals surface area (Å²) in [6.45, 7) is 2.40. The molecule has 39 heavy (non-hydrogen) atoms. The van der Waals surface area contributed by atoms with E-state index in [2.05, 4.69) is 28.7 Å². The van der Waals surface area contributed by atoms with E-state index < -0.39 is 6.10 Å². The van der Waals surface area contributed by atoms with E-state index in [0.717, 1.165) is 30.5 Å². The summed E-state index contributed by atoms with van der Waals surface area (Å²) in [4.78, 5) is 29.2. The number of hydrogen-bond acceptors (Lipinski definition) is 7. The predicted octanol–water partition coefficient (Wildman–Crippen LogP) is 3.82. The van der Waals surface area contributed by atoms with Gasteiger partial charge in [-0.25, -0.2) is 4.79 Å². The van der Waals surface area contributed by atoms with E-state index in [1.165, 1.54) is 37.8 Å². The SMILES string of the molecule is CN(CCCCn1c(=O)oc2cc(CNC[C@H](O)c3ccc(O)c4[nH]c(=O)ccc34)ccc21)C1CC[CH]CC1. The largest absolute Gasteiger partial charge is 0.506 e. The van der Waals surface area contributed by atoms with Crippen molar-refractivity contribution in [2.75, 3.05) is 20.1 Å². The number of aryl methyl sites for hydroxylation is 1. The van der Waals surface area contributed by atoms with Gasteiger partial charge in [0.2, 0.25) is 5.56 Å². The van der Waals surface area contributed by atoms with Gasteiger partial charge in [-0.2, -0.15) is 0 Å². The van der Waals surface area contributed by atoms with E-state index in [4.69, 9.17) is 4.42 Å². The van der Waals surface area contributed by atoms with Crippen molar-refractivity contribution in [2.45, 2.75) is 63.8 Å². The standard InChI is InChI=1S/C30H37N4O5/c1-33(21-7-3-2-4-8-21)15-5-6-16-34-24-12-9-20(17-27(24)39-30(34)38)18-31-19-26(36)22-10-13-25(35)29-23(22)11-14-28(37)32-29/h2,9-14,17,21,26,31,35-36H,3-8,15-16,18-19H2,1H3,(H,32,37)/t26-/m0/s1. The summed E-state index contributed by atoms with van der Waals surface area (Å²) in [5.41, 5.74) is 2.88. The Bertz CT molecular complexity index is 1530. The maximum atomic E-state index is 12.5. The van der Waals surface area contributed by atoms with Crippen LogP contribution in [0.5, 0.6) is 5.75 Å². The second-order valence-corrected chi connectivity index (χ2v) is 10.5. The lowest BCUT2D eigenvalue weighted by molar-refractivity contribution is 0.176. The van der Waals surface area contributed by atoms with Crippen LogP contribution in [0.2, 0.25) is 0 Å². The fraction of sp³-hybridized carbons (Fsp3) is 0.433. The van der Waals surface area contributed by atoms with Crippen LogP contribution in [0.15, 0.2) is 56.5 Å². The number of aliphatic hydroxyl groups excluding tert-OH is 1. The van der Waals surface area contributed by atoms with E-state index >= 15 is 0 Å². The molecule has 1 radical (unpaired) electrons. The lowest BCUT2D eigenvalue weighted by Crippen LogP contribution is -2.34. The Hall–Kier alpha value is -3.40. The van der Waals surface area contributed by atoms with Crippen molar-refractivity contribution in [3.05, 3.63) is 80.9 Å². The lowest BCUT2D eigenvalue weighted by atomic mass is 9.94. The molecule has 0 unspecified atom stereocenters. The number of rotatable bonds is 11. The van der Waals surface area contributed by atoms with Crippen LogP contribution in [-0.2, 0) is 13.1 Å². The normalized spacial score (nSPS) is 15.5. The van der Waals surface area contributed by atoms with Gasteiger partial charge in [0.25, 0.3) is 0 Å². The number of phenolic OH excluding ortho intramolecular Hbond substituents is 1. The molecule has 9 heteroatoms. The highest BCUT2D eigenvalue weighted by molar-refractivity contribution is 5.87. The van der Waals surface area contributed by atoms with E-state index in [-0.39, 0.29) is 23.6 Å². The van der Waals surface area contributed by atoms with Crippen molar-refractivity contribution in [1.82, 2.24) is 19.8 Å². The maximum Gasteiger partial charge on any atom is 0.419 e.